The summed E-state index contributed by atoms with van der Waals surface area (Å²) in [6.45, 7) is 1.32. The average Bonchev–Trinajstić information content (AvgIpc) is 2.55. The van der Waals surface area contributed by atoms with Gasteiger partial charge < -0.3 is 24.6 Å². The predicted molar refractivity (Wildman–Crippen MR) is 88.5 cm³/mol. The van der Waals surface area contributed by atoms with Gasteiger partial charge in [-0.05, 0) is 29.8 Å². The van der Waals surface area contributed by atoms with E-state index in [0.29, 0.717) is 18.8 Å². The second-order valence-electron chi connectivity index (χ2n) is 5.61. The molecule has 1 aliphatic rings. The van der Waals surface area contributed by atoms with Crippen molar-refractivity contribution >= 4 is 5.69 Å². The SMILES string of the molecule is COc1ccc(CC2CN(CCO)c3ccc(O)cc3O2)cc1. The maximum absolute atomic E-state index is 9.68. The van der Waals surface area contributed by atoms with E-state index >= 15 is 0 Å². The van der Waals surface area contributed by atoms with Crippen molar-refractivity contribution in [1.82, 2.24) is 0 Å². The van der Waals surface area contributed by atoms with Gasteiger partial charge in [-0.1, -0.05) is 12.1 Å². The zero-order chi connectivity index (χ0) is 16.2. The van der Waals surface area contributed by atoms with E-state index in [9.17, 15) is 10.2 Å². The molecule has 0 fully saturated rings. The van der Waals surface area contributed by atoms with Gasteiger partial charge in [0.1, 0.15) is 23.4 Å². The number of aliphatic hydroxyl groups excluding tert-OH is 1. The summed E-state index contributed by atoms with van der Waals surface area (Å²) in [4.78, 5) is 2.09. The molecule has 0 saturated carbocycles. The summed E-state index contributed by atoms with van der Waals surface area (Å²) in [5.74, 6) is 1.66. The molecule has 5 heteroatoms. The Kier molecular flexibility index (Phi) is 4.57. The van der Waals surface area contributed by atoms with Crippen LogP contribution in [0.4, 0.5) is 5.69 Å². The lowest BCUT2D eigenvalue weighted by Crippen LogP contribution is -2.42. The van der Waals surface area contributed by atoms with Crippen LogP contribution < -0.4 is 14.4 Å². The van der Waals surface area contributed by atoms with Crippen LogP contribution in [-0.2, 0) is 6.42 Å². The quantitative estimate of drug-likeness (QED) is 0.886. The number of phenolic OH excluding ortho intramolecular Hbond substituents is 1. The van der Waals surface area contributed by atoms with Gasteiger partial charge in [0.15, 0.2) is 0 Å². The largest absolute Gasteiger partial charge is 0.508 e. The van der Waals surface area contributed by atoms with Crippen molar-refractivity contribution in [3.8, 4) is 17.2 Å². The monoisotopic (exact) mass is 315 g/mol. The number of hydrogen-bond acceptors (Lipinski definition) is 5. The fourth-order valence-electron chi connectivity index (χ4n) is 2.88. The second-order valence-corrected chi connectivity index (χ2v) is 5.61. The lowest BCUT2D eigenvalue weighted by molar-refractivity contribution is 0.188. The molecule has 2 aromatic carbocycles. The maximum Gasteiger partial charge on any atom is 0.146 e. The molecule has 122 valence electrons. The minimum atomic E-state index is -0.0377. The number of rotatable bonds is 5. The van der Waals surface area contributed by atoms with E-state index in [0.717, 1.165) is 23.4 Å². The van der Waals surface area contributed by atoms with Crippen LogP contribution >= 0.6 is 0 Å². The molecule has 1 aliphatic heterocycles. The molecule has 0 radical (unpaired) electrons. The van der Waals surface area contributed by atoms with E-state index in [-0.39, 0.29) is 18.5 Å². The van der Waals surface area contributed by atoms with Crippen LogP contribution in [0.3, 0.4) is 0 Å². The summed E-state index contributed by atoms with van der Waals surface area (Å²) in [5, 5.41) is 19.0. The first-order chi connectivity index (χ1) is 11.2. The number of β-amino-alcohol motifs (C(OH)–C–C–N with tert-alkyl or cyclic N) is 1. The average molecular weight is 315 g/mol. The fourth-order valence-corrected chi connectivity index (χ4v) is 2.88. The van der Waals surface area contributed by atoms with E-state index in [1.54, 1.807) is 19.2 Å². The van der Waals surface area contributed by atoms with E-state index in [2.05, 4.69) is 4.90 Å². The Morgan fingerprint density at radius 3 is 2.70 bits per heavy atom. The molecule has 1 atom stereocenters. The van der Waals surface area contributed by atoms with Gasteiger partial charge in [0.2, 0.25) is 0 Å². The number of methoxy groups -OCH3 is 1. The standard InChI is InChI=1S/C18H21NO4/c1-22-15-5-2-13(3-6-15)10-16-12-19(8-9-20)17-7-4-14(21)11-18(17)23-16/h2-7,11,16,20-21H,8-10,12H2,1H3. The first-order valence-electron chi connectivity index (χ1n) is 7.68. The zero-order valence-electron chi connectivity index (χ0n) is 13.1. The fraction of sp³-hybridized carbons (Fsp3) is 0.333. The summed E-state index contributed by atoms with van der Waals surface area (Å²) in [5.41, 5.74) is 2.06. The third-order valence-electron chi connectivity index (χ3n) is 3.99. The van der Waals surface area contributed by atoms with Crippen molar-refractivity contribution in [3.63, 3.8) is 0 Å². The Balaban J connectivity index is 1.78. The molecule has 0 aliphatic carbocycles. The predicted octanol–water partition coefficient (Wildman–Crippen LogP) is 2.20. The van der Waals surface area contributed by atoms with Crippen molar-refractivity contribution in [2.24, 2.45) is 0 Å². The zero-order valence-corrected chi connectivity index (χ0v) is 13.1. The molecule has 0 aromatic heterocycles. The van der Waals surface area contributed by atoms with Crippen molar-refractivity contribution < 1.29 is 19.7 Å². The van der Waals surface area contributed by atoms with Gasteiger partial charge in [-0.25, -0.2) is 0 Å². The number of benzene rings is 2. The molecular formula is C18H21NO4. The van der Waals surface area contributed by atoms with Crippen LogP contribution in [0.5, 0.6) is 17.2 Å². The molecule has 1 heterocycles. The molecule has 1 unspecified atom stereocenters. The van der Waals surface area contributed by atoms with Crippen LogP contribution in [0.2, 0.25) is 0 Å². The Bertz CT molecular complexity index is 657. The minimum Gasteiger partial charge on any atom is -0.508 e. The molecule has 0 bridgehead atoms. The topological polar surface area (TPSA) is 62.2 Å². The third kappa shape index (κ3) is 3.51. The normalized spacial score (nSPS) is 16.6. The molecule has 23 heavy (non-hydrogen) atoms. The van der Waals surface area contributed by atoms with Crippen molar-refractivity contribution in [2.75, 3.05) is 31.7 Å². The lowest BCUT2D eigenvalue weighted by atomic mass is 10.1. The van der Waals surface area contributed by atoms with Gasteiger partial charge in [-0.15, -0.1) is 0 Å². The summed E-state index contributed by atoms with van der Waals surface area (Å²) in [7, 11) is 1.65. The molecular weight excluding hydrogens is 294 g/mol. The smallest absolute Gasteiger partial charge is 0.146 e. The van der Waals surface area contributed by atoms with Gasteiger partial charge in [0, 0.05) is 19.0 Å². The molecule has 3 rings (SSSR count). The highest BCUT2D eigenvalue weighted by molar-refractivity contribution is 5.62. The molecule has 2 N–H and O–H groups in total. The molecule has 5 nitrogen and oxygen atoms in total. The van der Waals surface area contributed by atoms with Crippen molar-refractivity contribution in [3.05, 3.63) is 48.0 Å². The number of fused-ring (bicyclic) bond motifs is 1. The van der Waals surface area contributed by atoms with Crippen LogP contribution in [0, 0.1) is 0 Å². The summed E-state index contributed by atoms with van der Waals surface area (Å²) in [6, 6.07) is 13.0. The van der Waals surface area contributed by atoms with Crippen LogP contribution in [0.1, 0.15) is 5.56 Å². The van der Waals surface area contributed by atoms with E-state index in [1.165, 1.54) is 0 Å². The number of anilines is 1. The number of aliphatic hydroxyl groups is 1. The Hall–Kier alpha value is -2.40. The van der Waals surface area contributed by atoms with E-state index in [1.807, 2.05) is 30.3 Å². The summed E-state index contributed by atoms with van der Waals surface area (Å²) < 4.78 is 11.2. The van der Waals surface area contributed by atoms with E-state index < -0.39 is 0 Å². The number of ether oxygens (including phenoxy) is 2. The summed E-state index contributed by atoms with van der Waals surface area (Å²) in [6.07, 6.45) is 0.713. The maximum atomic E-state index is 9.68. The van der Waals surface area contributed by atoms with Gasteiger partial charge in [-0.2, -0.15) is 0 Å². The number of aromatic hydroxyl groups is 1. The molecule has 0 saturated heterocycles. The summed E-state index contributed by atoms with van der Waals surface area (Å²) >= 11 is 0. The van der Waals surface area contributed by atoms with Crippen molar-refractivity contribution in [1.29, 1.82) is 0 Å². The number of nitrogens with zero attached hydrogens (tertiary/aromatic N) is 1. The number of hydrogen-bond donors (Lipinski definition) is 2. The highest BCUT2D eigenvalue weighted by Gasteiger charge is 2.26. The van der Waals surface area contributed by atoms with Gasteiger partial charge in [-0.3, -0.25) is 0 Å². The van der Waals surface area contributed by atoms with Crippen LogP contribution in [0.15, 0.2) is 42.5 Å². The highest BCUT2D eigenvalue weighted by atomic mass is 16.5. The van der Waals surface area contributed by atoms with Crippen LogP contribution in [-0.4, -0.2) is 43.1 Å². The van der Waals surface area contributed by atoms with Crippen LogP contribution in [0.25, 0.3) is 0 Å². The lowest BCUT2D eigenvalue weighted by Gasteiger charge is -2.36. The van der Waals surface area contributed by atoms with Gasteiger partial charge >= 0.3 is 0 Å². The molecule has 0 spiro atoms. The Morgan fingerprint density at radius 2 is 2.00 bits per heavy atom. The first-order valence-corrected chi connectivity index (χ1v) is 7.68. The Morgan fingerprint density at radius 1 is 1.22 bits per heavy atom. The number of phenols is 1. The highest BCUT2D eigenvalue weighted by Crippen LogP contribution is 2.36. The minimum absolute atomic E-state index is 0.0377. The van der Waals surface area contributed by atoms with E-state index in [4.69, 9.17) is 9.47 Å². The Labute approximate surface area is 135 Å². The third-order valence-corrected chi connectivity index (χ3v) is 3.99. The van der Waals surface area contributed by atoms with Gasteiger partial charge in [0.05, 0.1) is 25.9 Å². The van der Waals surface area contributed by atoms with Gasteiger partial charge in [0.25, 0.3) is 0 Å². The molecule has 0 amide bonds. The van der Waals surface area contributed by atoms with Crippen molar-refractivity contribution in [2.45, 2.75) is 12.5 Å². The second kappa shape index (κ2) is 6.79. The first kappa shape index (κ1) is 15.5. The molecule has 2 aromatic rings.